The van der Waals surface area contributed by atoms with Gasteiger partial charge in [-0.2, -0.15) is 15.0 Å². The van der Waals surface area contributed by atoms with E-state index >= 15 is 0 Å². The van der Waals surface area contributed by atoms with E-state index in [1.165, 1.54) is 23.1 Å². The molecule has 0 saturated heterocycles. The van der Waals surface area contributed by atoms with Crippen LogP contribution in [0.25, 0.3) is 5.95 Å². The highest BCUT2D eigenvalue weighted by atomic mass is 32.2. The van der Waals surface area contributed by atoms with Crippen molar-refractivity contribution in [2.24, 2.45) is 0 Å². The highest BCUT2D eigenvalue weighted by Gasteiger charge is 2.10. The fourth-order valence-corrected chi connectivity index (χ4v) is 2.81. The molecular weight excluding hydrogens is 308 g/mol. The highest BCUT2D eigenvalue weighted by molar-refractivity contribution is 8.00. The third-order valence-corrected chi connectivity index (χ3v) is 4.03. The average molecular weight is 320 g/mol. The summed E-state index contributed by atoms with van der Waals surface area (Å²) in [5.74, 6) is 1.07. The third-order valence-electron chi connectivity index (χ3n) is 2.39. The molecule has 8 nitrogen and oxygen atoms in total. The number of hydrogen-bond donors (Lipinski definition) is 1. The minimum Gasteiger partial charge on any atom is -0.354 e. The highest BCUT2D eigenvalue weighted by Crippen LogP contribution is 2.26. The van der Waals surface area contributed by atoms with Gasteiger partial charge in [-0.3, -0.25) is 4.57 Å². The molecule has 10 heteroatoms. The van der Waals surface area contributed by atoms with Gasteiger partial charge in [-0.1, -0.05) is 18.3 Å². The molecule has 108 valence electrons. The molecule has 0 saturated carbocycles. The number of imidazole rings is 1. The molecule has 21 heavy (non-hydrogen) atoms. The maximum Gasteiger partial charge on any atom is 0.240 e. The summed E-state index contributed by atoms with van der Waals surface area (Å²) in [4.78, 5) is 17.2. The molecule has 3 heterocycles. The Morgan fingerprint density at radius 3 is 3.00 bits per heavy atom. The van der Waals surface area contributed by atoms with E-state index in [1.54, 1.807) is 28.8 Å². The van der Waals surface area contributed by atoms with E-state index < -0.39 is 0 Å². The first-order chi connectivity index (χ1) is 10.3. The van der Waals surface area contributed by atoms with Crippen LogP contribution in [-0.2, 0) is 0 Å². The van der Waals surface area contributed by atoms with Crippen LogP contribution in [0.4, 0.5) is 5.95 Å². The van der Waals surface area contributed by atoms with E-state index in [2.05, 4.69) is 42.4 Å². The molecule has 0 bridgehead atoms. The summed E-state index contributed by atoms with van der Waals surface area (Å²) in [5.41, 5.74) is 1.68. The van der Waals surface area contributed by atoms with Crippen molar-refractivity contribution >= 4 is 29.0 Å². The van der Waals surface area contributed by atoms with Gasteiger partial charge in [0.1, 0.15) is 11.8 Å². The second kappa shape index (κ2) is 6.59. The summed E-state index contributed by atoms with van der Waals surface area (Å²) in [5, 5.41) is 11.5. The molecule has 0 aliphatic heterocycles. The number of nitrogens with zero attached hydrogens (tertiary/aromatic N) is 7. The molecular formula is C11H12N8S2. The van der Waals surface area contributed by atoms with Crippen LogP contribution in [0.15, 0.2) is 33.7 Å². The Bertz CT molecular complexity index is 682. The van der Waals surface area contributed by atoms with Crippen LogP contribution < -0.4 is 5.32 Å². The molecule has 0 fully saturated rings. The van der Waals surface area contributed by atoms with Crippen LogP contribution in [0.3, 0.4) is 0 Å². The molecule has 3 aromatic heterocycles. The number of nitrogens with one attached hydrogen (secondary N) is 1. The van der Waals surface area contributed by atoms with Gasteiger partial charge in [0, 0.05) is 18.9 Å². The Morgan fingerprint density at radius 2 is 2.29 bits per heavy atom. The van der Waals surface area contributed by atoms with Crippen molar-refractivity contribution in [3.05, 3.63) is 24.2 Å². The number of hydrogen-bond acceptors (Lipinski definition) is 9. The fourth-order valence-electron chi connectivity index (χ4n) is 1.49. The molecule has 0 radical (unpaired) electrons. The SMILES string of the molecule is CCCNc1nc(Sc2nncs2)nc(-n2ccnc2)n1. The second-order valence-corrected chi connectivity index (χ2v) is 5.99. The first-order valence-electron chi connectivity index (χ1n) is 6.27. The summed E-state index contributed by atoms with van der Waals surface area (Å²) in [7, 11) is 0. The average Bonchev–Trinajstić information content (AvgIpc) is 3.18. The molecule has 3 aromatic rings. The van der Waals surface area contributed by atoms with Crippen LogP contribution in [0.1, 0.15) is 13.3 Å². The van der Waals surface area contributed by atoms with Crippen LogP contribution in [0.5, 0.6) is 0 Å². The second-order valence-electron chi connectivity index (χ2n) is 3.95. The quantitative estimate of drug-likeness (QED) is 0.735. The number of aromatic nitrogens is 7. The van der Waals surface area contributed by atoms with Crippen LogP contribution in [-0.4, -0.2) is 41.2 Å². The number of rotatable bonds is 6. The predicted molar refractivity (Wildman–Crippen MR) is 79.8 cm³/mol. The summed E-state index contributed by atoms with van der Waals surface area (Å²) < 4.78 is 2.53. The molecule has 3 rings (SSSR count). The molecule has 1 N–H and O–H groups in total. The summed E-state index contributed by atoms with van der Waals surface area (Å²) in [6.07, 6.45) is 6.11. The molecule has 0 aliphatic carbocycles. The maximum atomic E-state index is 4.42. The van der Waals surface area contributed by atoms with Crippen LogP contribution in [0.2, 0.25) is 0 Å². The van der Waals surface area contributed by atoms with Gasteiger partial charge in [0.05, 0.1) is 0 Å². The van der Waals surface area contributed by atoms with Crippen molar-refractivity contribution in [2.45, 2.75) is 22.8 Å². The van der Waals surface area contributed by atoms with Gasteiger partial charge in [-0.25, -0.2) is 4.98 Å². The van der Waals surface area contributed by atoms with E-state index in [0.29, 0.717) is 17.1 Å². The lowest BCUT2D eigenvalue weighted by Crippen LogP contribution is -2.09. The zero-order valence-corrected chi connectivity index (χ0v) is 12.8. The summed E-state index contributed by atoms with van der Waals surface area (Å²) >= 11 is 2.81. The lowest BCUT2D eigenvalue weighted by atomic mass is 10.5. The van der Waals surface area contributed by atoms with Gasteiger partial charge in [0.2, 0.25) is 17.1 Å². The molecule has 0 unspecified atom stereocenters. The van der Waals surface area contributed by atoms with Gasteiger partial charge in [-0.15, -0.1) is 10.2 Å². The lowest BCUT2D eigenvalue weighted by Gasteiger charge is -2.07. The van der Waals surface area contributed by atoms with E-state index in [9.17, 15) is 0 Å². The summed E-state index contributed by atoms with van der Waals surface area (Å²) in [6, 6.07) is 0. The smallest absolute Gasteiger partial charge is 0.240 e. The van der Waals surface area contributed by atoms with E-state index in [4.69, 9.17) is 0 Å². The van der Waals surface area contributed by atoms with E-state index in [1.807, 2.05) is 0 Å². The van der Waals surface area contributed by atoms with E-state index in [0.717, 1.165) is 17.3 Å². The molecule has 0 spiro atoms. The van der Waals surface area contributed by atoms with Gasteiger partial charge in [0.25, 0.3) is 0 Å². The largest absolute Gasteiger partial charge is 0.354 e. The van der Waals surface area contributed by atoms with Gasteiger partial charge >= 0.3 is 0 Å². The molecule has 0 aliphatic rings. The number of anilines is 1. The lowest BCUT2D eigenvalue weighted by molar-refractivity contribution is 0.816. The fraction of sp³-hybridized carbons (Fsp3) is 0.273. The third kappa shape index (κ3) is 3.52. The first kappa shape index (κ1) is 13.9. The standard InChI is InChI=1S/C11H12N8S2/c1-2-3-13-8-15-9(19-5-4-12-6-19)17-10(16-8)21-11-18-14-7-20-11/h4-7H,2-3H2,1H3,(H,13,15,16,17). The van der Waals surface area contributed by atoms with Crippen molar-refractivity contribution in [3.63, 3.8) is 0 Å². The normalized spacial score (nSPS) is 10.7. The Hall–Kier alpha value is -2.07. The van der Waals surface area contributed by atoms with Crippen LogP contribution in [0, 0.1) is 0 Å². The van der Waals surface area contributed by atoms with Gasteiger partial charge in [0.15, 0.2) is 4.34 Å². The van der Waals surface area contributed by atoms with Gasteiger partial charge in [-0.05, 0) is 18.2 Å². The monoisotopic (exact) mass is 320 g/mol. The topological polar surface area (TPSA) is 94.3 Å². The molecule has 0 aromatic carbocycles. The van der Waals surface area contributed by atoms with Crippen molar-refractivity contribution in [3.8, 4) is 5.95 Å². The van der Waals surface area contributed by atoms with Crippen molar-refractivity contribution < 1.29 is 0 Å². The first-order valence-corrected chi connectivity index (χ1v) is 7.97. The van der Waals surface area contributed by atoms with Crippen LogP contribution >= 0.6 is 23.1 Å². The summed E-state index contributed by atoms with van der Waals surface area (Å²) in [6.45, 7) is 2.89. The molecule has 0 atom stereocenters. The Balaban J connectivity index is 1.92. The zero-order chi connectivity index (χ0) is 14.5. The molecule has 0 amide bonds. The van der Waals surface area contributed by atoms with Crippen molar-refractivity contribution in [1.82, 2.24) is 34.7 Å². The zero-order valence-electron chi connectivity index (χ0n) is 11.2. The van der Waals surface area contributed by atoms with Crippen molar-refractivity contribution in [1.29, 1.82) is 0 Å². The Morgan fingerprint density at radius 1 is 1.33 bits per heavy atom. The maximum absolute atomic E-state index is 4.42. The predicted octanol–water partition coefficient (Wildman–Crippen LogP) is 1.88. The van der Waals surface area contributed by atoms with E-state index in [-0.39, 0.29) is 0 Å². The van der Waals surface area contributed by atoms with Gasteiger partial charge < -0.3 is 5.32 Å². The Kier molecular flexibility index (Phi) is 4.36. The Labute approximate surface area is 129 Å². The minimum absolute atomic E-state index is 0.521. The van der Waals surface area contributed by atoms with Crippen molar-refractivity contribution in [2.75, 3.05) is 11.9 Å². The minimum atomic E-state index is 0.521.